The molecule has 0 bridgehead atoms. The van der Waals surface area contributed by atoms with E-state index in [1.807, 2.05) is 26.0 Å². The second-order valence-electron chi connectivity index (χ2n) is 4.07. The minimum atomic E-state index is -0.235. The zero-order valence-electron chi connectivity index (χ0n) is 9.63. The van der Waals surface area contributed by atoms with Crippen LogP contribution in [0.4, 0.5) is 4.39 Å². The average molecular weight is 314 g/mol. The summed E-state index contributed by atoms with van der Waals surface area (Å²) in [5.74, 6) is -0.235. The van der Waals surface area contributed by atoms with E-state index >= 15 is 0 Å². The molecule has 2 rings (SSSR count). The highest BCUT2D eigenvalue weighted by Gasteiger charge is 2.11. The summed E-state index contributed by atoms with van der Waals surface area (Å²) in [5, 5.41) is 0. The molecule has 0 saturated carbocycles. The molecule has 1 unspecified atom stereocenters. The summed E-state index contributed by atoms with van der Waals surface area (Å²) in [6.45, 7) is 3.93. The number of benzene rings is 1. The molecule has 0 spiro atoms. The number of rotatable bonds is 2. The van der Waals surface area contributed by atoms with Crippen molar-refractivity contribution in [3.63, 3.8) is 0 Å². The molecule has 1 aromatic heterocycles. The molecule has 0 aliphatic carbocycles. The first kappa shape index (κ1) is 12.7. The van der Waals surface area contributed by atoms with E-state index in [1.54, 1.807) is 23.5 Å². The van der Waals surface area contributed by atoms with Gasteiger partial charge in [0, 0.05) is 15.8 Å². The van der Waals surface area contributed by atoms with Gasteiger partial charge in [-0.15, -0.1) is 11.3 Å². The van der Waals surface area contributed by atoms with Crippen molar-refractivity contribution in [3.8, 4) is 10.4 Å². The van der Waals surface area contributed by atoms with Crippen LogP contribution < -0.4 is 5.73 Å². The Hall–Kier alpha value is -0.710. The zero-order chi connectivity index (χ0) is 12.6. The van der Waals surface area contributed by atoms with Crippen molar-refractivity contribution in [1.82, 2.24) is 0 Å². The van der Waals surface area contributed by atoms with Crippen molar-refractivity contribution in [3.05, 3.63) is 45.0 Å². The van der Waals surface area contributed by atoms with E-state index in [0.717, 1.165) is 20.9 Å². The molecule has 0 radical (unpaired) electrons. The van der Waals surface area contributed by atoms with Crippen LogP contribution >= 0.6 is 27.3 Å². The third-order valence-electron chi connectivity index (χ3n) is 2.61. The van der Waals surface area contributed by atoms with Gasteiger partial charge in [-0.1, -0.05) is 0 Å². The molecular weight excluding hydrogens is 301 g/mol. The highest BCUT2D eigenvalue weighted by atomic mass is 79.9. The number of nitrogens with two attached hydrogens (primary N) is 1. The molecule has 1 nitrogen and oxygen atoms in total. The largest absolute Gasteiger partial charge is 0.324 e. The highest BCUT2D eigenvalue weighted by molar-refractivity contribution is 9.10. The van der Waals surface area contributed by atoms with Crippen molar-refractivity contribution < 1.29 is 4.39 Å². The summed E-state index contributed by atoms with van der Waals surface area (Å²) in [6, 6.07) is 7.39. The smallest absolute Gasteiger partial charge is 0.138 e. The van der Waals surface area contributed by atoms with Crippen molar-refractivity contribution in [2.24, 2.45) is 5.73 Å². The second-order valence-corrected chi connectivity index (χ2v) is 6.04. The fourth-order valence-corrected chi connectivity index (χ4v) is 3.15. The molecule has 1 atom stereocenters. The molecule has 2 N–H and O–H groups in total. The molecule has 0 saturated heterocycles. The van der Waals surface area contributed by atoms with Crippen LogP contribution in [-0.4, -0.2) is 0 Å². The summed E-state index contributed by atoms with van der Waals surface area (Å²) in [4.78, 5) is 2.17. The number of hydrogen-bond acceptors (Lipinski definition) is 2. The minimum Gasteiger partial charge on any atom is -0.324 e. The Kier molecular flexibility index (Phi) is 3.66. The van der Waals surface area contributed by atoms with Gasteiger partial charge < -0.3 is 5.73 Å². The van der Waals surface area contributed by atoms with Crippen LogP contribution in [0.2, 0.25) is 0 Å². The van der Waals surface area contributed by atoms with E-state index in [9.17, 15) is 4.39 Å². The summed E-state index contributed by atoms with van der Waals surface area (Å²) in [5.41, 5.74) is 7.81. The van der Waals surface area contributed by atoms with Gasteiger partial charge in [-0.25, -0.2) is 4.39 Å². The van der Waals surface area contributed by atoms with Gasteiger partial charge in [0.1, 0.15) is 5.82 Å². The van der Waals surface area contributed by atoms with Crippen LogP contribution in [0.1, 0.15) is 23.4 Å². The minimum absolute atomic E-state index is 0.0225. The topological polar surface area (TPSA) is 26.0 Å². The quantitative estimate of drug-likeness (QED) is 0.858. The lowest BCUT2D eigenvalue weighted by molar-refractivity contribution is 0.621. The van der Waals surface area contributed by atoms with Crippen molar-refractivity contribution in [1.29, 1.82) is 0 Å². The fourth-order valence-electron chi connectivity index (χ4n) is 1.65. The third kappa shape index (κ3) is 2.59. The van der Waals surface area contributed by atoms with Crippen LogP contribution in [0, 0.1) is 12.7 Å². The van der Waals surface area contributed by atoms with Crippen molar-refractivity contribution >= 4 is 27.3 Å². The Labute approximate surface area is 113 Å². The molecule has 0 aliphatic heterocycles. The van der Waals surface area contributed by atoms with E-state index in [-0.39, 0.29) is 11.9 Å². The normalized spacial score (nSPS) is 12.8. The maximum atomic E-state index is 13.5. The Balaban J connectivity index is 2.49. The number of aryl methyl sites for hydroxylation is 1. The Morgan fingerprint density at radius 2 is 2.06 bits per heavy atom. The Morgan fingerprint density at radius 1 is 1.35 bits per heavy atom. The van der Waals surface area contributed by atoms with Gasteiger partial charge >= 0.3 is 0 Å². The van der Waals surface area contributed by atoms with Crippen LogP contribution in [0.3, 0.4) is 0 Å². The van der Waals surface area contributed by atoms with Gasteiger partial charge in [-0.3, -0.25) is 0 Å². The van der Waals surface area contributed by atoms with Crippen molar-refractivity contribution in [2.45, 2.75) is 19.9 Å². The lowest BCUT2D eigenvalue weighted by Crippen LogP contribution is -2.01. The summed E-state index contributed by atoms with van der Waals surface area (Å²) < 4.78 is 14.0. The molecule has 1 heterocycles. The lowest BCUT2D eigenvalue weighted by Gasteiger charge is -2.05. The van der Waals surface area contributed by atoms with Gasteiger partial charge in [0.25, 0.3) is 0 Å². The predicted molar refractivity (Wildman–Crippen MR) is 74.8 cm³/mol. The Morgan fingerprint density at radius 3 is 2.65 bits per heavy atom. The third-order valence-corrected chi connectivity index (χ3v) is 4.54. The van der Waals surface area contributed by atoms with Crippen LogP contribution in [0.25, 0.3) is 10.4 Å². The Bertz CT molecular complexity index is 548. The van der Waals surface area contributed by atoms with Gasteiger partial charge in [-0.2, -0.15) is 0 Å². The number of thiophene rings is 1. The van der Waals surface area contributed by atoms with Gasteiger partial charge in [0.05, 0.1) is 4.47 Å². The van der Waals surface area contributed by atoms with E-state index in [4.69, 9.17) is 5.73 Å². The van der Waals surface area contributed by atoms with Gasteiger partial charge in [0.2, 0.25) is 0 Å². The van der Waals surface area contributed by atoms with Gasteiger partial charge in [0.15, 0.2) is 0 Å². The molecule has 0 aliphatic rings. The van der Waals surface area contributed by atoms with Gasteiger partial charge in [-0.05, 0) is 65.2 Å². The van der Waals surface area contributed by atoms with E-state index in [2.05, 4.69) is 15.9 Å². The van der Waals surface area contributed by atoms with Crippen LogP contribution in [0.5, 0.6) is 0 Å². The van der Waals surface area contributed by atoms with Crippen molar-refractivity contribution in [2.75, 3.05) is 0 Å². The first-order valence-corrected chi connectivity index (χ1v) is 6.91. The van der Waals surface area contributed by atoms with E-state index in [0.29, 0.717) is 4.47 Å². The van der Waals surface area contributed by atoms with E-state index < -0.39 is 0 Å². The average Bonchev–Trinajstić information content (AvgIpc) is 2.72. The predicted octanol–water partition coefficient (Wildman–Crippen LogP) is 4.64. The standard InChI is InChI=1S/C13H13BrFNS/c1-7-5-10(14)11(15)6-9(7)13-4-3-12(17-13)8(2)16/h3-6,8H,16H2,1-2H3. The maximum Gasteiger partial charge on any atom is 0.138 e. The first-order valence-electron chi connectivity index (χ1n) is 5.30. The SMILES string of the molecule is Cc1cc(Br)c(F)cc1-c1ccc(C(C)N)s1. The molecule has 4 heteroatoms. The maximum absolute atomic E-state index is 13.5. The molecule has 0 fully saturated rings. The monoisotopic (exact) mass is 313 g/mol. The summed E-state index contributed by atoms with van der Waals surface area (Å²) in [7, 11) is 0. The fraction of sp³-hybridized carbons (Fsp3) is 0.231. The van der Waals surface area contributed by atoms with E-state index in [1.165, 1.54) is 0 Å². The summed E-state index contributed by atoms with van der Waals surface area (Å²) in [6.07, 6.45) is 0. The van der Waals surface area contributed by atoms with Crippen LogP contribution in [0.15, 0.2) is 28.7 Å². The number of halogens is 2. The molecule has 0 amide bonds. The first-order chi connectivity index (χ1) is 7.99. The molecule has 90 valence electrons. The second kappa shape index (κ2) is 4.88. The summed E-state index contributed by atoms with van der Waals surface area (Å²) >= 11 is 4.81. The molecule has 1 aromatic carbocycles. The lowest BCUT2D eigenvalue weighted by atomic mass is 10.1. The molecule has 2 aromatic rings. The number of hydrogen-bond donors (Lipinski definition) is 1. The molecular formula is C13H13BrFNS. The molecule has 17 heavy (non-hydrogen) atoms. The van der Waals surface area contributed by atoms with Crippen LogP contribution in [-0.2, 0) is 0 Å². The zero-order valence-corrected chi connectivity index (χ0v) is 12.0. The highest BCUT2D eigenvalue weighted by Crippen LogP contribution is 2.34.